The topological polar surface area (TPSA) is 100 Å². The van der Waals surface area contributed by atoms with Crippen molar-refractivity contribution in [2.24, 2.45) is 0 Å². The van der Waals surface area contributed by atoms with Crippen LogP contribution in [0.15, 0.2) is 36.7 Å². The average Bonchev–Trinajstić information content (AvgIpc) is 3.19. The summed E-state index contributed by atoms with van der Waals surface area (Å²) in [6, 6.07) is 6.35. The van der Waals surface area contributed by atoms with Crippen LogP contribution in [0, 0.1) is 0 Å². The van der Waals surface area contributed by atoms with Crippen LogP contribution in [0.25, 0.3) is 10.7 Å². The number of nitrogens with one attached hydrogen (secondary N) is 2. The molecule has 10 heteroatoms. The highest BCUT2D eigenvalue weighted by molar-refractivity contribution is 7.16. The number of nitrogens with zero attached hydrogens (tertiary/aromatic N) is 3. The van der Waals surface area contributed by atoms with Crippen molar-refractivity contribution < 1.29 is 9.90 Å². The molecule has 0 fully saturated rings. The molecule has 1 amide bonds. The van der Waals surface area contributed by atoms with Crippen molar-refractivity contribution in [3.05, 3.63) is 57.1 Å². The van der Waals surface area contributed by atoms with E-state index in [-0.39, 0.29) is 12.5 Å². The molecule has 0 spiro atoms. The van der Waals surface area contributed by atoms with Crippen molar-refractivity contribution in [2.75, 3.05) is 19.0 Å². The first-order valence-electron chi connectivity index (χ1n) is 8.32. The maximum atomic E-state index is 12.6. The van der Waals surface area contributed by atoms with Crippen LogP contribution in [0.3, 0.4) is 0 Å². The summed E-state index contributed by atoms with van der Waals surface area (Å²) in [4.78, 5) is 25.6. The van der Waals surface area contributed by atoms with Crippen LogP contribution < -0.4 is 10.6 Å². The normalized spacial score (nSPS) is 11.9. The van der Waals surface area contributed by atoms with Crippen LogP contribution in [-0.4, -0.2) is 45.7 Å². The summed E-state index contributed by atoms with van der Waals surface area (Å²) in [5.74, 6) is 0.148. The Bertz CT molecular complexity index is 982. The standard InChI is InChI=1S/C18H17Cl2N5O2S/c1-21-18-22-5-4-14(25-18)17-23-8-15(28-17)16(27)24-12(9-26)6-10-2-3-11(19)7-13(10)20/h2-5,7-8,12,26H,6,9H2,1H3,(H,24,27)(H,21,22,25). The first-order chi connectivity index (χ1) is 13.5. The van der Waals surface area contributed by atoms with E-state index in [2.05, 4.69) is 25.6 Å². The summed E-state index contributed by atoms with van der Waals surface area (Å²) in [6.45, 7) is -0.228. The number of amides is 1. The fourth-order valence-corrected chi connectivity index (χ4v) is 3.74. The minimum atomic E-state index is -0.494. The highest BCUT2D eigenvalue weighted by atomic mass is 35.5. The second-order valence-electron chi connectivity index (χ2n) is 5.84. The lowest BCUT2D eigenvalue weighted by molar-refractivity contribution is 0.0920. The molecule has 3 aromatic rings. The molecular formula is C18H17Cl2N5O2S. The number of carbonyl (C=O) groups is 1. The van der Waals surface area contributed by atoms with E-state index in [9.17, 15) is 9.90 Å². The molecule has 146 valence electrons. The van der Waals surface area contributed by atoms with Crippen molar-refractivity contribution in [3.63, 3.8) is 0 Å². The molecule has 0 saturated heterocycles. The van der Waals surface area contributed by atoms with Gasteiger partial charge in [-0.3, -0.25) is 4.79 Å². The van der Waals surface area contributed by atoms with Gasteiger partial charge in [0.25, 0.3) is 5.91 Å². The molecule has 2 aromatic heterocycles. The van der Waals surface area contributed by atoms with Gasteiger partial charge < -0.3 is 15.7 Å². The Hall–Kier alpha value is -2.26. The van der Waals surface area contributed by atoms with Crippen LogP contribution in [0.1, 0.15) is 15.2 Å². The predicted molar refractivity (Wildman–Crippen MR) is 111 cm³/mol. The maximum Gasteiger partial charge on any atom is 0.263 e. The third-order valence-corrected chi connectivity index (χ3v) is 5.47. The van der Waals surface area contributed by atoms with E-state index in [0.717, 1.165) is 5.56 Å². The molecule has 3 rings (SSSR count). The van der Waals surface area contributed by atoms with Crippen LogP contribution in [-0.2, 0) is 6.42 Å². The Balaban J connectivity index is 1.70. The summed E-state index contributed by atoms with van der Waals surface area (Å²) >= 11 is 13.3. The van der Waals surface area contributed by atoms with Crippen LogP contribution >= 0.6 is 34.5 Å². The molecule has 0 radical (unpaired) electrons. The molecule has 0 aliphatic heterocycles. The van der Waals surface area contributed by atoms with Crippen molar-refractivity contribution in [1.82, 2.24) is 20.3 Å². The molecule has 0 aliphatic carbocycles. The number of hydrogen-bond donors (Lipinski definition) is 3. The molecule has 1 atom stereocenters. The lowest BCUT2D eigenvalue weighted by Crippen LogP contribution is -2.38. The zero-order chi connectivity index (χ0) is 20.1. The molecule has 28 heavy (non-hydrogen) atoms. The number of aliphatic hydroxyl groups excluding tert-OH is 1. The van der Waals surface area contributed by atoms with E-state index >= 15 is 0 Å². The van der Waals surface area contributed by atoms with E-state index in [1.54, 1.807) is 37.5 Å². The van der Waals surface area contributed by atoms with Crippen LogP contribution in [0.5, 0.6) is 0 Å². The van der Waals surface area contributed by atoms with Crippen molar-refractivity contribution >= 4 is 46.4 Å². The summed E-state index contributed by atoms with van der Waals surface area (Å²) in [5, 5.41) is 16.9. The number of thiazole rings is 1. The number of aliphatic hydroxyl groups is 1. The number of carbonyl (C=O) groups excluding carboxylic acids is 1. The van der Waals surface area contributed by atoms with Gasteiger partial charge in [-0.2, -0.15) is 0 Å². The summed E-state index contributed by atoms with van der Waals surface area (Å²) in [5.41, 5.74) is 1.41. The molecule has 3 N–H and O–H groups in total. The summed E-state index contributed by atoms with van der Waals surface area (Å²) in [6.07, 6.45) is 3.48. The van der Waals surface area contributed by atoms with E-state index < -0.39 is 6.04 Å². The van der Waals surface area contributed by atoms with Crippen molar-refractivity contribution in [3.8, 4) is 10.7 Å². The Labute approximate surface area is 175 Å². The SMILES string of the molecule is CNc1nccc(-c2ncc(C(=O)NC(CO)Cc3ccc(Cl)cc3Cl)s2)n1. The summed E-state index contributed by atoms with van der Waals surface area (Å²) < 4.78 is 0. The second kappa shape index (κ2) is 9.29. The molecule has 0 saturated carbocycles. The molecule has 1 unspecified atom stereocenters. The fraction of sp³-hybridized carbons (Fsp3) is 0.222. The van der Waals surface area contributed by atoms with Gasteiger partial charge in [-0.05, 0) is 30.2 Å². The predicted octanol–water partition coefficient (Wildman–Crippen LogP) is 3.28. The molecule has 1 aromatic carbocycles. The Kier molecular flexibility index (Phi) is 6.79. The molecule has 2 heterocycles. The van der Waals surface area contributed by atoms with E-state index in [1.165, 1.54) is 17.5 Å². The van der Waals surface area contributed by atoms with E-state index in [1.807, 2.05) is 0 Å². The number of rotatable bonds is 7. The first-order valence-corrected chi connectivity index (χ1v) is 9.90. The quantitative estimate of drug-likeness (QED) is 0.524. The minimum absolute atomic E-state index is 0.228. The molecule has 0 aliphatic rings. The fourth-order valence-electron chi connectivity index (χ4n) is 2.47. The largest absolute Gasteiger partial charge is 0.394 e. The van der Waals surface area contributed by atoms with E-state index in [0.29, 0.717) is 38.0 Å². The molecular weight excluding hydrogens is 421 g/mol. The van der Waals surface area contributed by atoms with Crippen molar-refractivity contribution in [2.45, 2.75) is 12.5 Å². The van der Waals surface area contributed by atoms with Gasteiger partial charge in [0.15, 0.2) is 0 Å². The van der Waals surface area contributed by atoms with Gasteiger partial charge in [0, 0.05) is 23.3 Å². The smallest absolute Gasteiger partial charge is 0.263 e. The number of halogens is 2. The van der Waals surface area contributed by atoms with Gasteiger partial charge in [-0.25, -0.2) is 15.0 Å². The third kappa shape index (κ3) is 4.96. The van der Waals surface area contributed by atoms with Gasteiger partial charge in [-0.15, -0.1) is 11.3 Å². The maximum absolute atomic E-state index is 12.6. The van der Waals surface area contributed by atoms with Gasteiger partial charge >= 0.3 is 0 Å². The zero-order valence-electron chi connectivity index (χ0n) is 14.8. The Morgan fingerprint density at radius 1 is 1.29 bits per heavy atom. The van der Waals surface area contributed by atoms with Gasteiger partial charge in [0.1, 0.15) is 15.6 Å². The Morgan fingerprint density at radius 3 is 2.82 bits per heavy atom. The van der Waals surface area contributed by atoms with Gasteiger partial charge in [-0.1, -0.05) is 29.3 Å². The average molecular weight is 438 g/mol. The first kappa shape index (κ1) is 20.5. The highest BCUT2D eigenvalue weighted by Gasteiger charge is 2.18. The molecule has 7 nitrogen and oxygen atoms in total. The van der Waals surface area contributed by atoms with Gasteiger partial charge in [0.2, 0.25) is 5.95 Å². The lowest BCUT2D eigenvalue weighted by atomic mass is 10.1. The third-order valence-electron chi connectivity index (χ3n) is 3.86. The summed E-state index contributed by atoms with van der Waals surface area (Å²) in [7, 11) is 1.72. The zero-order valence-corrected chi connectivity index (χ0v) is 17.1. The van der Waals surface area contributed by atoms with E-state index in [4.69, 9.17) is 23.2 Å². The number of benzene rings is 1. The van der Waals surface area contributed by atoms with Gasteiger partial charge in [0.05, 0.1) is 18.8 Å². The second-order valence-corrected chi connectivity index (χ2v) is 7.71. The minimum Gasteiger partial charge on any atom is -0.394 e. The van der Waals surface area contributed by atoms with Crippen molar-refractivity contribution in [1.29, 1.82) is 0 Å². The van der Waals surface area contributed by atoms with Crippen LogP contribution in [0.2, 0.25) is 10.0 Å². The highest BCUT2D eigenvalue weighted by Crippen LogP contribution is 2.25. The Morgan fingerprint density at radius 2 is 2.11 bits per heavy atom. The number of anilines is 1. The monoisotopic (exact) mass is 437 g/mol. The number of aromatic nitrogens is 3. The lowest BCUT2D eigenvalue weighted by Gasteiger charge is -2.16. The van der Waals surface area contributed by atoms with Crippen LogP contribution in [0.4, 0.5) is 5.95 Å². The molecule has 0 bridgehead atoms. The number of hydrogen-bond acceptors (Lipinski definition) is 7.